The van der Waals surface area contributed by atoms with Crippen LogP contribution in [-0.4, -0.2) is 9.13 Å². The molecule has 0 spiro atoms. The summed E-state index contributed by atoms with van der Waals surface area (Å²) in [4.78, 5) is 0. The van der Waals surface area contributed by atoms with Crippen molar-refractivity contribution in [1.82, 2.24) is 9.13 Å². The van der Waals surface area contributed by atoms with Gasteiger partial charge in [-0.3, -0.25) is 0 Å². The van der Waals surface area contributed by atoms with Gasteiger partial charge in [0.15, 0.2) is 0 Å². The van der Waals surface area contributed by atoms with E-state index in [0.717, 1.165) is 0 Å². The number of hydrogen-bond donors (Lipinski definition) is 0. The smallest absolute Gasteiger partial charge is 0.0542 e. The van der Waals surface area contributed by atoms with Gasteiger partial charge in [0, 0.05) is 32.9 Å². The molecule has 0 radical (unpaired) electrons. The van der Waals surface area contributed by atoms with Crippen molar-refractivity contribution in [2.45, 2.75) is 0 Å². The van der Waals surface area contributed by atoms with Gasteiger partial charge in [0.2, 0.25) is 0 Å². The number of para-hydroxylation sites is 3. The molecule has 0 unspecified atom stereocenters. The molecule has 0 saturated heterocycles. The van der Waals surface area contributed by atoms with Crippen molar-refractivity contribution in [3.8, 4) is 22.5 Å². The lowest BCUT2D eigenvalue weighted by atomic mass is 10.0. The van der Waals surface area contributed by atoms with E-state index in [9.17, 15) is 0 Å². The fourth-order valence-electron chi connectivity index (χ4n) is 6.02. The van der Waals surface area contributed by atoms with Gasteiger partial charge < -0.3 is 9.13 Å². The maximum atomic E-state index is 2.41. The summed E-state index contributed by atoms with van der Waals surface area (Å²) in [6, 6.07) is 52.5. The van der Waals surface area contributed by atoms with Crippen LogP contribution in [0.3, 0.4) is 0 Å². The number of hydrogen-bond acceptors (Lipinski definition) is 0. The summed E-state index contributed by atoms with van der Waals surface area (Å²) < 4.78 is 4.78. The largest absolute Gasteiger partial charge is 0.309 e. The molecule has 178 valence electrons. The summed E-state index contributed by atoms with van der Waals surface area (Å²) in [5.41, 5.74) is 9.71. The van der Waals surface area contributed by atoms with Gasteiger partial charge in [0.05, 0.1) is 22.1 Å². The zero-order valence-corrected chi connectivity index (χ0v) is 20.8. The highest BCUT2D eigenvalue weighted by Gasteiger charge is 2.16. The Labute approximate surface area is 220 Å². The predicted molar refractivity (Wildman–Crippen MR) is 161 cm³/mol. The second-order valence-corrected chi connectivity index (χ2v) is 9.84. The van der Waals surface area contributed by atoms with Crippen LogP contribution in [0.1, 0.15) is 0 Å². The minimum atomic E-state index is 1.17. The maximum absolute atomic E-state index is 2.41. The summed E-state index contributed by atoms with van der Waals surface area (Å²) in [6.07, 6.45) is 0. The van der Waals surface area contributed by atoms with Crippen LogP contribution in [0.2, 0.25) is 0 Å². The van der Waals surface area contributed by atoms with Gasteiger partial charge in [-0.25, -0.2) is 0 Å². The quantitative estimate of drug-likeness (QED) is 0.236. The van der Waals surface area contributed by atoms with Crippen molar-refractivity contribution in [2.24, 2.45) is 0 Å². The number of nitrogens with zero attached hydrogens (tertiary/aromatic N) is 2. The van der Waals surface area contributed by atoms with Crippen LogP contribution in [0.15, 0.2) is 146 Å². The van der Waals surface area contributed by atoms with E-state index in [2.05, 4.69) is 155 Å². The Morgan fingerprint density at radius 2 is 0.789 bits per heavy atom. The molecular weight excluding hydrogens is 460 g/mol. The molecule has 38 heavy (non-hydrogen) atoms. The summed E-state index contributed by atoms with van der Waals surface area (Å²) in [7, 11) is 0. The monoisotopic (exact) mass is 484 g/mol. The van der Waals surface area contributed by atoms with Gasteiger partial charge >= 0.3 is 0 Å². The lowest BCUT2D eigenvalue weighted by Gasteiger charge is -2.10. The van der Waals surface area contributed by atoms with E-state index >= 15 is 0 Å². The lowest BCUT2D eigenvalue weighted by Crippen LogP contribution is -1.95. The Kier molecular flexibility index (Phi) is 4.55. The minimum absolute atomic E-state index is 1.17. The highest BCUT2D eigenvalue weighted by molar-refractivity contribution is 6.12. The molecule has 0 N–H and O–H groups in total. The van der Waals surface area contributed by atoms with E-state index in [4.69, 9.17) is 0 Å². The van der Waals surface area contributed by atoms with Crippen molar-refractivity contribution in [3.63, 3.8) is 0 Å². The third-order valence-corrected chi connectivity index (χ3v) is 7.71. The first-order chi connectivity index (χ1) is 18.9. The molecule has 0 bridgehead atoms. The third-order valence-electron chi connectivity index (χ3n) is 7.71. The molecule has 0 aliphatic rings. The molecule has 0 amide bonds. The average Bonchev–Trinajstić information content (AvgIpc) is 3.50. The molecule has 2 nitrogen and oxygen atoms in total. The second-order valence-electron chi connectivity index (χ2n) is 9.84. The van der Waals surface area contributed by atoms with Crippen LogP contribution in [0.25, 0.3) is 66.1 Å². The summed E-state index contributed by atoms with van der Waals surface area (Å²) >= 11 is 0. The van der Waals surface area contributed by atoms with Crippen molar-refractivity contribution < 1.29 is 0 Å². The molecule has 8 rings (SSSR count). The molecular formula is C36H24N2. The highest BCUT2D eigenvalue weighted by atomic mass is 15.0. The first kappa shape index (κ1) is 21.0. The van der Waals surface area contributed by atoms with E-state index in [-0.39, 0.29) is 0 Å². The predicted octanol–water partition coefficient (Wildman–Crippen LogP) is 9.55. The average molecular weight is 485 g/mol. The van der Waals surface area contributed by atoms with Crippen LogP contribution < -0.4 is 0 Å². The molecule has 2 heteroatoms. The van der Waals surface area contributed by atoms with Crippen LogP contribution in [0.5, 0.6) is 0 Å². The SMILES string of the molecule is c1ccc(-c2ccc3c(c2)c2ccccc2n3-c2ccc3c(c2)c2ccccc2n3-c2ccccc2)cc1. The van der Waals surface area contributed by atoms with Gasteiger partial charge in [-0.1, -0.05) is 91.0 Å². The van der Waals surface area contributed by atoms with E-state index < -0.39 is 0 Å². The highest BCUT2D eigenvalue weighted by Crippen LogP contribution is 2.38. The van der Waals surface area contributed by atoms with Crippen molar-refractivity contribution in [3.05, 3.63) is 146 Å². The Morgan fingerprint density at radius 3 is 1.47 bits per heavy atom. The number of aromatic nitrogens is 2. The number of fused-ring (bicyclic) bond motifs is 6. The second kappa shape index (κ2) is 8.22. The van der Waals surface area contributed by atoms with Gasteiger partial charge in [-0.05, 0) is 65.7 Å². The van der Waals surface area contributed by atoms with Gasteiger partial charge in [0.25, 0.3) is 0 Å². The fraction of sp³-hybridized carbons (Fsp3) is 0. The van der Waals surface area contributed by atoms with Crippen molar-refractivity contribution in [2.75, 3.05) is 0 Å². The number of benzene rings is 6. The Balaban J connectivity index is 1.41. The lowest BCUT2D eigenvalue weighted by molar-refractivity contribution is 1.17. The van der Waals surface area contributed by atoms with Crippen LogP contribution in [0.4, 0.5) is 0 Å². The zero-order valence-electron chi connectivity index (χ0n) is 20.8. The molecule has 0 aliphatic heterocycles. The molecule has 0 saturated carbocycles. The van der Waals surface area contributed by atoms with Crippen LogP contribution in [0, 0.1) is 0 Å². The fourth-order valence-corrected chi connectivity index (χ4v) is 6.02. The molecule has 8 aromatic rings. The number of rotatable bonds is 3. The van der Waals surface area contributed by atoms with Crippen LogP contribution in [-0.2, 0) is 0 Å². The summed E-state index contributed by atoms with van der Waals surface area (Å²) in [5.74, 6) is 0. The molecule has 2 aromatic heterocycles. The summed E-state index contributed by atoms with van der Waals surface area (Å²) in [6.45, 7) is 0. The van der Waals surface area contributed by atoms with E-state index in [1.165, 1.54) is 66.1 Å². The molecule has 0 atom stereocenters. The first-order valence-electron chi connectivity index (χ1n) is 13.0. The molecule has 6 aromatic carbocycles. The Hall–Kier alpha value is -5.08. The Morgan fingerprint density at radius 1 is 0.289 bits per heavy atom. The first-order valence-corrected chi connectivity index (χ1v) is 13.0. The van der Waals surface area contributed by atoms with Gasteiger partial charge in [-0.2, -0.15) is 0 Å². The minimum Gasteiger partial charge on any atom is -0.309 e. The molecule has 0 fully saturated rings. The van der Waals surface area contributed by atoms with Crippen molar-refractivity contribution >= 4 is 43.6 Å². The zero-order chi connectivity index (χ0) is 25.1. The maximum Gasteiger partial charge on any atom is 0.0542 e. The normalized spacial score (nSPS) is 11.7. The molecule has 2 heterocycles. The topological polar surface area (TPSA) is 9.86 Å². The van der Waals surface area contributed by atoms with E-state index in [0.29, 0.717) is 0 Å². The van der Waals surface area contributed by atoms with Crippen molar-refractivity contribution in [1.29, 1.82) is 0 Å². The van der Waals surface area contributed by atoms with Crippen LogP contribution >= 0.6 is 0 Å². The van der Waals surface area contributed by atoms with E-state index in [1.807, 2.05) is 0 Å². The van der Waals surface area contributed by atoms with Gasteiger partial charge in [0.1, 0.15) is 0 Å². The van der Waals surface area contributed by atoms with E-state index in [1.54, 1.807) is 0 Å². The Bertz CT molecular complexity index is 2110. The standard InChI is InChI=1S/C36H24N2/c1-3-11-25(12-4-1)26-19-21-35-31(23-26)29-15-7-10-18-34(29)38(35)28-20-22-36-32(24-28)30-16-8-9-17-33(30)37(36)27-13-5-2-6-14-27/h1-24H. The molecule has 0 aliphatic carbocycles. The van der Waals surface area contributed by atoms with Gasteiger partial charge in [-0.15, -0.1) is 0 Å². The summed E-state index contributed by atoms with van der Waals surface area (Å²) in [5, 5.41) is 5.06. The third kappa shape index (κ3) is 3.07.